The van der Waals surface area contributed by atoms with Crippen molar-refractivity contribution in [2.75, 3.05) is 13.2 Å². The number of benzene rings is 1. The number of carbonyl (C=O) groups is 2. The number of esters is 1. The Morgan fingerprint density at radius 3 is 2.56 bits per heavy atom. The predicted octanol–water partition coefficient (Wildman–Crippen LogP) is 3.32. The van der Waals surface area contributed by atoms with Crippen LogP contribution in [0.3, 0.4) is 0 Å². The van der Waals surface area contributed by atoms with E-state index in [0.717, 1.165) is 17.9 Å². The van der Waals surface area contributed by atoms with E-state index < -0.39 is 6.61 Å². The maximum Gasteiger partial charge on any atom is 0.387 e. The van der Waals surface area contributed by atoms with Gasteiger partial charge in [-0.05, 0) is 61.1 Å². The van der Waals surface area contributed by atoms with Crippen molar-refractivity contribution in [1.82, 2.24) is 5.32 Å². The second-order valence-corrected chi connectivity index (χ2v) is 7.42. The number of fused-ring (bicyclic) bond motifs is 2. The number of alkyl halides is 2. The van der Waals surface area contributed by atoms with Crippen molar-refractivity contribution in [3.05, 3.63) is 29.8 Å². The van der Waals surface area contributed by atoms with Crippen molar-refractivity contribution < 1.29 is 27.8 Å². The number of hydrogen-bond acceptors (Lipinski definition) is 4. The highest BCUT2D eigenvalue weighted by molar-refractivity contribution is 5.80. The maximum absolute atomic E-state index is 12.1. The minimum atomic E-state index is -2.85. The van der Waals surface area contributed by atoms with Crippen LogP contribution >= 0.6 is 0 Å². The number of nitrogens with one attached hydrogen (secondary N) is 1. The highest BCUT2D eigenvalue weighted by atomic mass is 19.3. The molecule has 0 heterocycles. The third kappa shape index (κ3) is 5.91. The van der Waals surface area contributed by atoms with Gasteiger partial charge in [-0.3, -0.25) is 9.59 Å². The summed E-state index contributed by atoms with van der Waals surface area (Å²) in [5.41, 5.74) is 0.880. The molecule has 5 nitrogen and oxygen atoms in total. The molecule has 1 amide bonds. The summed E-state index contributed by atoms with van der Waals surface area (Å²) in [6.07, 6.45) is 5.83. The van der Waals surface area contributed by atoms with E-state index in [4.69, 9.17) is 4.74 Å². The lowest BCUT2D eigenvalue weighted by Crippen LogP contribution is -2.31. The van der Waals surface area contributed by atoms with Crippen LogP contribution in [0.25, 0.3) is 0 Å². The fourth-order valence-electron chi connectivity index (χ4n) is 4.28. The monoisotopic (exact) mass is 381 g/mol. The van der Waals surface area contributed by atoms with Crippen molar-refractivity contribution in [3.63, 3.8) is 0 Å². The molecule has 7 heteroatoms. The standard InChI is InChI=1S/C20H25F2NO4/c21-20(22)27-17-5-2-13(3-6-17)7-8-23-18(24)12-26-19(25)11-16-10-14-1-4-15(16)9-14/h2-3,5-6,14-16,20H,1,4,7-12H2,(H,23,24)/t14-,15-,16-/m1/s1. The third-order valence-corrected chi connectivity index (χ3v) is 5.56. The highest BCUT2D eigenvalue weighted by Gasteiger charge is 2.40. The minimum Gasteiger partial charge on any atom is -0.456 e. The molecular formula is C20H25F2NO4. The Kier molecular flexibility index (Phi) is 6.63. The number of ether oxygens (including phenoxy) is 2. The summed E-state index contributed by atoms with van der Waals surface area (Å²) >= 11 is 0. The molecule has 0 saturated heterocycles. The first kappa shape index (κ1) is 19.6. The summed E-state index contributed by atoms with van der Waals surface area (Å²) in [5.74, 6) is 1.34. The molecular weight excluding hydrogens is 356 g/mol. The molecule has 0 radical (unpaired) electrons. The first-order chi connectivity index (χ1) is 13.0. The van der Waals surface area contributed by atoms with Crippen LogP contribution in [-0.2, 0) is 20.7 Å². The van der Waals surface area contributed by atoms with Crippen molar-refractivity contribution >= 4 is 11.9 Å². The highest BCUT2D eigenvalue weighted by Crippen LogP contribution is 2.49. The van der Waals surface area contributed by atoms with Gasteiger partial charge in [-0.25, -0.2) is 0 Å². The van der Waals surface area contributed by atoms with E-state index >= 15 is 0 Å². The topological polar surface area (TPSA) is 64.6 Å². The molecule has 1 aromatic rings. The second kappa shape index (κ2) is 9.15. The Balaban J connectivity index is 1.28. The van der Waals surface area contributed by atoms with E-state index in [1.54, 1.807) is 12.1 Å². The Bertz CT molecular complexity index is 650. The lowest BCUT2D eigenvalue weighted by atomic mass is 9.86. The van der Waals surface area contributed by atoms with Crippen molar-refractivity contribution in [3.8, 4) is 5.75 Å². The van der Waals surface area contributed by atoms with Gasteiger partial charge in [-0.15, -0.1) is 0 Å². The van der Waals surface area contributed by atoms with E-state index in [2.05, 4.69) is 10.1 Å². The Labute approximate surface area is 157 Å². The first-order valence-electron chi connectivity index (χ1n) is 9.45. The smallest absolute Gasteiger partial charge is 0.387 e. The van der Waals surface area contributed by atoms with Gasteiger partial charge in [-0.2, -0.15) is 8.78 Å². The van der Waals surface area contributed by atoms with Gasteiger partial charge in [-0.1, -0.05) is 18.6 Å². The average molecular weight is 381 g/mol. The summed E-state index contributed by atoms with van der Waals surface area (Å²) in [5, 5.41) is 2.69. The number of amides is 1. The molecule has 27 heavy (non-hydrogen) atoms. The van der Waals surface area contributed by atoms with E-state index in [1.807, 2.05) is 0 Å². The third-order valence-electron chi connectivity index (χ3n) is 5.56. The molecule has 1 aromatic carbocycles. The van der Waals surface area contributed by atoms with Crippen LogP contribution in [0.2, 0.25) is 0 Å². The lowest BCUT2D eigenvalue weighted by Gasteiger charge is -2.20. The number of carbonyl (C=O) groups excluding carboxylic acids is 2. The quantitative estimate of drug-likeness (QED) is 0.667. The molecule has 2 aliphatic rings. The van der Waals surface area contributed by atoms with Crippen LogP contribution in [0.5, 0.6) is 5.75 Å². The van der Waals surface area contributed by atoms with Crippen LogP contribution in [0.15, 0.2) is 24.3 Å². The molecule has 148 valence electrons. The van der Waals surface area contributed by atoms with E-state index in [0.29, 0.717) is 31.2 Å². The normalized spacial score (nSPS) is 23.4. The molecule has 2 saturated carbocycles. The molecule has 2 bridgehead atoms. The summed E-state index contributed by atoms with van der Waals surface area (Å²) in [6.45, 7) is -2.74. The Morgan fingerprint density at radius 1 is 1.15 bits per heavy atom. The molecule has 2 fully saturated rings. The van der Waals surface area contributed by atoms with Crippen LogP contribution in [0.1, 0.15) is 37.7 Å². The van der Waals surface area contributed by atoms with Crippen LogP contribution in [0, 0.1) is 17.8 Å². The van der Waals surface area contributed by atoms with Gasteiger partial charge in [0.15, 0.2) is 6.61 Å². The maximum atomic E-state index is 12.1. The molecule has 0 aromatic heterocycles. The summed E-state index contributed by atoms with van der Waals surface area (Å²) < 4.78 is 33.5. The Hall–Kier alpha value is -2.18. The van der Waals surface area contributed by atoms with Crippen molar-refractivity contribution in [1.29, 1.82) is 0 Å². The SMILES string of the molecule is O=C(COC(=O)C[C@H]1C[C@@H]2CC[C@@H]1C2)NCCc1ccc(OC(F)F)cc1. The largest absolute Gasteiger partial charge is 0.456 e. The fourth-order valence-corrected chi connectivity index (χ4v) is 4.28. The summed E-state index contributed by atoms with van der Waals surface area (Å²) in [7, 11) is 0. The van der Waals surface area contributed by atoms with Gasteiger partial charge in [0.1, 0.15) is 5.75 Å². The van der Waals surface area contributed by atoms with E-state index in [9.17, 15) is 18.4 Å². The van der Waals surface area contributed by atoms with Gasteiger partial charge in [0.2, 0.25) is 0 Å². The zero-order chi connectivity index (χ0) is 19.2. The molecule has 0 spiro atoms. The fraction of sp³-hybridized carbons (Fsp3) is 0.600. The van der Waals surface area contributed by atoms with Gasteiger partial charge in [0.25, 0.3) is 5.91 Å². The van der Waals surface area contributed by atoms with Crippen molar-refractivity contribution in [2.24, 2.45) is 17.8 Å². The van der Waals surface area contributed by atoms with Crippen molar-refractivity contribution in [2.45, 2.75) is 45.1 Å². The Morgan fingerprint density at radius 2 is 1.93 bits per heavy atom. The minimum absolute atomic E-state index is 0.0974. The van der Waals surface area contributed by atoms with Gasteiger partial charge >= 0.3 is 12.6 Å². The molecule has 3 atom stereocenters. The number of halogens is 2. The van der Waals surface area contributed by atoms with E-state index in [-0.39, 0.29) is 24.2 Å². The predicted molar refractivity (Wildman–Crippen MR) is 94.3 cm³/mol. The van der Waals surface area contributed by atoms with Gasteiger partial charge < -0.3 is 14.8 Å². The molecule has 0 unspecified atom stereocenters. The molecule has 2 aliphatic carbocycles. The van der Waals surface area contributed by atoms with Gasteiger partial charge in [0, 0.05) is 13.0 Å². The lowest BCUT2D eigenvalue weighted by molar-refractivity contribution is -0.149. The first-order valence-corrected chi connectivity index (χ1v) is 9.45. The molecule has 3 rings (SSSR count). The second-order valence-electron chi connectivity index (χ2n) is 7.42. The molecule has 0 aliphatic heterocycles. The zero-order valence-corrected chi connectivity index (χ0v) is 15.2. The zero-order valence-electron chi connectivity index (χ0n) is 15.2. The summed E-state index contributed by atoms with van der Waals surface area (Å²) in [4.78, 5) is 23.7. The number of hydrogen-bond donors (Lipinski definition) is 1. The number of rotatable bonds is 9. The van der Waals surface area contributed by atoms with Crippen LogP contribution in [-0.4, -0.2) is 31.6 Å². The summed E-state index contributed by atoms with van der Waals surface area (Å²) in [6, 6.07) is 6.25. The average Bonchev–Trinajstić information content (AvgIpc) is 3.24. The van der Waals surface area contributed by atoms with E-state index in [1.165, 1.54) is 31.4 Å². The molecule has 1 N–H and O–H groups in total. The van der Waals surface area contributed by atoms with Gasteiger partial charge in [0.05, 0.1) is 0 Å². The van der Waals surface area contributed by atoms with Crippen LogP contribution < -0.4 is 10.1 Å². The van der Waals surface area contributed by atoms with Crippen LogP contribution in [0.4, 0.5) is 8.78 Å².